The minimum Gasteiger partial charge on any atom is -0.380 e. The summed E-state index contributed by atoms with van der Waals surface area (Å²) in [5, 5.41) is 22.5. The van der Waals surface area contributed by atoms with Gasteiger partial charge in [-0.3, -0.25) is 10.1 Å². The van der Waals surface area contributed by atoms with Crippen LogP contribution in [0.1, 0.15) is 11.1 Å². The Balaban J connectivity index is 2.27. The highest BCUT2D eigenvalue weighted by Gasteiger charge is 2.14. The van der Waals surface area contributed by atoms with Crippen LogP contribution in [0, 0.1) is 33.1 Å². The zero-order chi connectivity index (χ0) is 15.4. The zero-order valence-corrected chi connectivity index (χ0v) is 10.6. The van der Waals surface area contributed by atoms with E-state index in [0.717, 1.165) is 30.3 Å². The lowest BCUT2D eigenvalue weighted by atomic mass is 10.1. The van der Waals surface area contributed by atoms with Crippen molar-refractivity contribution in [1.82, 2.24) is 0 Å². The van der Waals surface area contributed by atoms with Crippen LogP contribution >= 0.6 is 0 Å². The Morgan fingerprint density at radius 1 is 1.19 bits per heavy atom. The lowest BCUT2D eigenvalue weighted by molar-refractivity contribution is -0.385. The van der Waals surface area contributed by atoms with E-state index >= 15 is 0 Å². The van der Waals surface area contributed by atoms with E-state index in [4.69, 9.17) is 5.26 Å². The lowest BCUT2D eigenvalue weighted by Crippen LogP contribution is -2.05. The quantitative estimate of drug-likeness (QED) is 0.691. The maximum Gasteiger partial charge on any atom is 0.274 e. The molecule has 0 heterocycles. The molecular formula is C14H9F2N3O2. The first-order valence-corrected chi connectivity index (χ1v) is 5.87. The molecule has 0 unspecified atom stereocenters. The Kier molecular flexibility index (Phi) is 4.09. The van der Waals surface area contributed by atoms with E-state index < -0.39 is 16.6 Å². The van der Waals surface area contributed by atoms with E-state index in [2.05, 4.69) is 5.32 Å². The van der Waals surface area contributed by atoms with Crippen molar-refractivity contribution in [3.8, 4) is 6.07 Å². The van der Waals surface area contributed by atoms with Gasteiger partial charge in [0.05, 0.1) is 21.7 Å². The molecule has 0 saturated carbocycles. The molecular weight excluding hydrogens is 280 g/mol. The van der Waals surface area contributed by atoms with Crippen LogP contribution in [0.3, 0.4) is 0 Å². The fraction of sp³-hybridized carbons (Fsp3) is 0.0714. The van der Waals surface area contributed by atoms with Gasteiger partial charge in [0.15, 0.2) is 0 Å². The van der Waals surface area contributed by atoms with Crippen LogP contribution in [-0.2, 0) is 6.54 Å². The van der Waals surface area contributed by atoms with Gasteiger partial charge in [-0.1, -0.05) is 0 Å². The van der Waals surface area contributed by atoms with Crippen molar-refractivity contribution in [3.05, 3.63) is 69.3 Å². The summed E-state index contributed by atoms with van der Waals surface area (Å²) in [6, 6.07) is 8.47. The van der Waals surface area contributed by atoms with Crippen molar-refractivity contribution < 1.29 is 13.7 Å². The second-order valence-corrected chi connectivity index (χ2v) is 4.19. The monoisotopic (exact) mass is 289 g/mol. The molecule has 21 heavy (non-hydrogen) atoms. The molecule has 106 valence electrons. The first-order chi connectivity index (χ1) is 10.0. The normalized spacial score (nSPS) is 9.95. The number of nitro benzene ring substituents is 1. The molecule has 5 nitrogen and oxygen atoms in total. The van der Waals surface area contributed by atoms with Gasteiger partial charge < -0.3 is 5.32 Å². The number of hydrogen-bond donors (Lipinski definition) is 1. The smallest absolute Gasteiger partial charge is 0.274 e. The third-order valence-electron chi connectivity index (χ3n) is 2.81. The van der Waals surface area contributed by atoms with Crippen LogP contribution in [-0.4, -0.2) is 4.92 Å². The summed E-state index contributed by atoms with van der Waals surface area (Å²) in [5.41, 5.74) is 0.282. The lowest BCUT2D eigenvalue weighted by Gasteiger charge is -2.09. The molecule has 2 rings (SSSR count). The highest BCUT2D eigenvalue weighted by Crippen LogP contribution is 2.22. The Labute approximate surface area is 118 Å². The molecule has 0 amide bonds. The molecule has 0 atom stereocenters. The highest BCUT2D eigenvalue weighted by atomic mass is 19.1. The van der Waals surface area contributed by atoms with Crippen molar-refractivity contribution in [2.24, 2.45) is 0 Å². The number of benzene rings is 2. The Morgan fingerprint density at radius 3 is 2.52 bits per heavy atom. The summed E-state index contributed by atoms with van der Waals surface area (Å²) in [5.74, 6) is -1.16. The summed E-state index contributed by atoms with van der Waals surface area (Å²) in [6.07, 6.45) is 0. The largest absolute Gasteiger partial charge is 0.380 e. The molecule has 0 aliphatic carbocycles. The van der Waals surface area contributed by atoms with Gasteiger partial charge in [0.2, 0.25) is 0 Å². The van der Waals surface area contributed by atoms with Crippen LogP contribution in [0.4, 0.5) is 20.2 Å². The van der Waals surface area contributed by atoms with Gasteiger partial charge in [0, 0.05) is 12.6 Å². The van der Waals surface area contributed by atoms with E-state index in [1.807, 2.05) is 6.07 Å². The zero-order valence-electron chi connectivity index (χ0n) is 10.6. The number of nitriles is 1. The van der Waals surface area contributed by atoms with Crippen molar-refractivity contribution >= 4 is 11.4 Å². The summed E-state index contributed by atoms with van der Waals surface area (Å²) in [4.78, 5) is 10.2. The molecule has 0 aliphatic rings. The van der Waals surface area contributed by atoms with Gasteiger partial charge in [0.25, 0.3) is 5.69 Å². The second-order valence-electron chi connectivity index (χ2n) is 4.19. The predicted molar refractivity (Wildman–Crippen MR) is 71.5 cm³/mol. The highest BCUT2D eigenvalue weighted by molar-refractivity contribution is 5.58. The third-order valence-corrected chi connectivity index (χ3v) is 2.81. The molecule has 0 bridgehead atoms. The molecule has 2 aromatic carbocycles. The molecule has 0 saturated heterocycles. The summed E-state index contributed by atoms with van der Waals surface area (Å²) >= 11 is 0. The van der Waals surface area contributed by atoms with Crippen LogP contribution < -0.4 is 5.32 Å². The van der Waals surface area contributed by atoms with Gasteiger partial charge in [-0.2, -0.15) is 5.26 Å². The van der Waals surface area contributed by atoms with Gasteiger partial charge in [-0.05, 0) is 30.3 Å². The molecule has 7 heteroatoms. The molecule has 1 N–H and O–H groups in total. The summed E-state index contributed by atoms with van der Waals surface area (Å²) in [7, 11) is 0. The Hall–Kier alpha value is -3.01. The topological polar surface area (TPSA) is 79.0 Å². The van der Waals surface area contributed by atoms with Gasteiger partial charge in [-0.15, -0.1) is 0 Å². The Bertz CT molecular complexity index is 741. The number of rotatable bonds is 4. The maximum atomic E-state index is 13.2. The molecule has 0 radical (unpaired) electrons. The number of nitrogens with one attached hydrogen (secondary N) is 1. The molecule has 0 fully saturated rings. The molecule has 0 aromatic heterocycles. The number of nitrogens with zero attached hydrogens (tertiary/aromatic N) is 2. The van der Waals surface area contributed by atoms with Crippen LogP contribution in [0.2, 0.25) is 0 Å². The maximum absolute atomic E-state index is 13.2. The molecule has 0 spiro atoms. The summed E-state index contributed by atoms with van der Waals surface area (Å²) < 4.78 is 26.2. The van der Waals surface area contributed by atoms with Gasteiger partial charge in [0.1, 0.15) is 17.7 Å². The van der Waals surface area contributed by atoms with E-state index in [0.29, 0.717) is 5.69 Å². The van der Waals surface area contributed by atoms with E-state index in [1.54, 1.807) is 0 Å². The second kappa shape index (κ2) is 5.96. The minimum atomic E-state index is -0.619. The fourth-order valence-corrected chi connectivity index (χ4v) is 1.83. The summed E-state index contributed by atoms with van der Waals surface area (Å²) in [6.45, 7) is -0.0611. The number of nitro groups is 1. The van der Waals surface area contributed by atoms with Crippen molar-refractivity contribution in [1.29, 1.82) is 5.26 Å². The van der Waals surface area contributed by atoms with Crippen molar-refractivity contribution in [3.63, 3.8) is 0 Å². The molecule has 0 aliphatic heterocycles. The molecule has 2 aromatic rings. The van der Waals surface area contributed by atoms with E-state index in [-0.39, 0.29) is 23.4 Å². The van der Waals surface area contributed by atoms with Crippen LogP contribution in [0.25, 0.3) is 0 Å². The average molecular weight is 289 g/mol. The van der Waals surface area contributed by atoms with Gasteiger partial charge in [-0.25, -0.2) is 8.78 Å². The van der Waals surface area contributed by atoms with Crippen molar-refractivity contribution in [2.45, 2.75) is 6.54 Å². The van der Waals surface area contributed by atoms with Gasteiger partial charge >= 0.3 is 0 Å². The van der Waals surface area contributed by atoms with E-state index in [1.165, 1.54) is 6.07 Å². The van der Waals surface area contributed by atoms with Crippen LogP contribution in [0.5, 0.6) is 0 Å². The predicted octanol–water partition coefficient (Wildman–Crippen LogP) is 3.36. The number of halogens is 2. The first kappa shape index (κ1) is 14.4. The number of hydrogen-bond acceptors (Lipinski definition) is 4. The third kappa shape index (κ3) is 3.30. The van der Waals surface area contributed by atoms with Crippen LogP contribution in [0.15, 0.2) is 36.4 Å². The average Bonchev–Trinajstić information content (AvgIpc) is 2.45. The fourth-order valence-electron chi connectivity index (χ4n) is 1.83. The minimum absolute atomic E-state index is 0.0611. The SMILES string of the molecule is N#Cc1cc(F)ccc1NCc1cc(F)ccc1[N+](=O)[O-]. The van der Waals surface area contributed by atoms with E-state index in [9.17, 15) is 18.9 Å². The van der Waals surface area contributed by atoms with Crippen molar-refractivity contribution in [2.75, 3.05) is 5.32 Å². The number of anilines is 1. The standard InChI is InChI=1S/C14H9F2N3O2/c15-11-1-3-13(9(5-11)7-17)18-8-10-6-12(16)2-4-14(10)19(20)21/h1-6,18H,8H2. The first-order valence-electron chi connectivity index (χ1n) is 5.87. The Morgan fingerprint density at radius 2 is 1.86 bits per heavy atom.